The number of hydrogen-bond acceptors (Lipinski definition) is 1. The molecule has 0 amide bonds. The van der Waals surface area contributed by atoms with Crippen LogP contribution in [-0.2, 0) is 0 Å². The van der Waals surface area contributed by atoms with E-state index in [0.29, 0.717) is 0 Å². The maximum atomic E-state index is 5.93. The van der Waals surface area contributed by atoms with Crippen LogP contribution < -0.4 is 4.74 Å². The number of fused-ring (bicyclic) bond motifs is 1. The maximum Gasteiger partial charge on any atom is 0.119 e. The van der Waals surface area contributed by atoms with Crippen LogP contribution in [0.15, 0.2) is 36.4 Å². The minimum Gasteiger partial charge on any atom is -0.494 e. The molecule has 0 saturated heterocycles. The summed E-state index contributed by atoms with van der Waals surface area (Å²) in [4.78, 5) is 0. The Morgan fingerprint density at radius 1 is 0.724 bits per heavy atom. The summed E-state index contributed by atoms with van der Waals surface area (Å²) in [6, 6.07) is 13.7. The highest BCUT2D eigenvalue weighted by Crippen LogP contribution is 2.38. The maximum absolute atomic E-state index is 5.93. The average Bonchev–Trinajstić information content (AvgIpc) is 2.76. The van der Waals surface area contributed by atoms with E-state index < -0.39 is 0 Å². The monoisotopic (exact) mass is 394 g/mol. The van der Waals surface area contributed by atoms with E-state index in [9.17, 15) is 0 Å². The number of hydrogen-bond donors (Lipinski definition) is 0. The summed E-state index contributed by atoms with van der Waals surface area (Å²) < 4.78 is 5.93. The molecule has 0 bridgehead atoms. The molecule has 0 heterocycles. The van der Waals surface area contributed by atoms with Gasteiger partial charge in [-0.25, -0.2) is 0 Å². The van der Waals surface area contributed by atoms with E-state index in [0.717, 1.165) is 30.6 Å². The van der Waals surface area contributed by atoms with E-state index in [1.54, 1.807) is 5.56 Å². The predicted molar refractivity (Wildman–Crippen MR) is 127 cm³/mol. The number of unbranched alkanes of at least 4 members (excludes halogenated alkanes) is 6. The lowest BCUT2D eigenvalue weighted by molar-refractivity contribution is 0.302. The minimum atomic E-state index is 0.765. The van der Waals surface area contributed by atoms with Gasteiger partial charge in [-0.1, -0.05) is 89.5 Å². The normalized spacial score (nSPS) is 19.5. The van der Waals surface area contributed by atoms with Gasteiger partial charge in [0.1, 0.15) is 5.75 Å². The van der Waals surface area contributed by atoms with Gasteiger partial charge in [-0.2, -0.15) is 0 Å². The van der Waals surface area contributed by atoms with Crippen molar-refractivity contribution in [1.82, 2.24) is 0 Å². The first kappa shape index (κ1) is 22.2. The van der Waals surface area contributed by atoms with Gasteiger partial charge >= 0.3 is 0 Å². The lowest BCUT2D eigenvalue weighted by Crippen LogP contribution is -2.13. The van der Waals surface area contributed by atoms with Crippen molar-refractivity contribution < 1.29 is 4.74 Å². The molecule has 0 aliphatic heterocycles. The highest BCUT2D eigenvalue weighted by molar-refractivity contribution is 5.84. The Kier molecular flexibility index (Phi) is 9.38. The highest BCUT2D eigenvalue weighted by atomic mass is 16.5. The lowest BCUT2D eigenvalue weighted by Gasteiger charge is -2.29. The van der Waals surface area contributed by atoms with Gasteiger partial charge < -0.3 is 4.74 Å². The molecule has 2 aromatic carbocycles. The third-order valence-corrected chi connectivity index (χ3v) is 6.89. The topological polar surface area (TPSA) is 9.23 Å². The number of ether oxygens (including phenoxy) is 1. The van der Waals surface area contributed by atoms with Gasteiger partial charge in [0.05, 0.1) is 6.61 Å². The zero-order valence-electron chi connectivity index (χ0n) is 18.9. The van der Waals surface area contributed by atoms with Crippen LogP contribution >= 0.6 is 0 Å². The zero-order valence-corrected chi connectivity index (χ0v) is 18.9. The molecule has 0 spiro atoms. The fraction of sp³-hybridized carbons (Fsp3) is 0.643. The van der Waals surface area contributed by atoms with Crippen molar-refractivity contribution in [1.29, 1.82) is 0 Å². The third-order valence-electron chi connectivity index (χ3n) is 6.89. The van der Waals surface area contributed by atoms with Gasteiger partial charge in [0.15, 0.2) is 0 Å². The van der Waals surface area contributed by atoms with Crippen LogP contribution in [0.5, 0.6) is 5.75 Å². The molecule has 0 radical (unpaired) electrons. The molecule has 1 saturated carbocycles. The Hall–Kier alpha value is -1.50. The van der Waals surface area contributed by atoms with Crippen molar-refractivity contribution in [3.05, 3.63) is 42.0 Å². The lowest BCUT2D eigenvalue weighted by atomic mass is 9.77. The largest absolute Gasteiger partial charge is 0.494 e. The molecule has 1 heteroatoms. The quantitative estimate of drug-likeness (QED) is 0.326. The molecule has 1 fully saturated rings. The number of rotatable bonds is 12. The zero-order chi connectivity index (χ0) is 20.3. The van der Waals surface area contributed by atoms with Gasteiger partial charge in [0, 0.05) is 0 Å². The predicted octanol–water partition coefficient (Wildman–Crippen LogP) is 9.04. The van der Waals surface area contributed by atoms with E-state index in [2.05, 4.69) is 50.2 Å². The van der Waals surface area contributed by atoms with Crippen LogP contribution in [0.3, 0.4) is 0 Å². The molecule has 0 unspecified atom stereocenters. The van der Waals surface area contributed by atoms with Gasteiger partial charge in [-0.3, -0.25) is 0 Å². The summed E-state index contributed by atoms with van der Waals surface area (Å²) in [6.07, 6.45) is 17.8. The van der Waals surface area contributed by atoms with Crippen LogP contribution in [0.25, 0.3) is 10.8 Å². The molecule has 1 aliphatic rings. The van der Waals surface area contributed by atoms with Crippen LogP contribution in [0, 0.1) is 5.92 Å². The first-order valence-corrected chi connectivity index (χ1v) is 12.5. The molecule has 1 aliphatic carbocycles. The van der Waals surface area contributed by atoms with E-state index in [4.69, 9.17) is 4.74 Å². The van der Waals surface area contributed by atoms with Crippen LogP contribution in [0.4, 0.5) is 0 Å². The molecular formula is C28H42O. The second-order valence-corrected chi connectivity index (χ2v) is 9.24. The average molecular weight is 395 g/mol. The van der Waals surface area contributed by atoms with Crippen LogP contribution in [-0.4, -0.2) is 6.61 Å². The molecule has 29 heavy (non-hydrogen) atoms. The molecule has 3 rings (SSSR count). The van der Waals surface area contributed by atoms with Crippen molar-refractivity contribution in [2.75, 3.05) is 6.61 Å². The van der Waals surface area contributed by atoms with Crippen LogP contribution in [0.1, 0.15) is 109 Å². The third kappa shape index (κ3) is 7.05. The van der Waals surface area contributed by atoms with Crippen molar-refractivity contribution in [2.45, 2.75) is 103 Å². The van der Waals surface area contributed by atoms with E-state index >= 15 is 0 Å². The second-order valence-electron chi connectivity index (χ2n) is 9.24. The van der Waals surface area contributed by atoms with E-state index in [1.165, 1.54) is 87.8 Å². The molecular weight excluding hydrogens is 352 g/mol. The highest BCUT2D eigenvalue weighted by Gasteiger charge is 2.22. The molecule has 0 aromatic heterocycles. The van der Waals surface area contributed by atoms with E-state index in [1.807, 2.05) is 0 Å². The van der Waals surface area contributed by atoms with Gasteiger partial charge in [-0.05, 0) is 72.4 Å². The van der Waals surface area contributed by atoms with Crippen molar-refractivity contribution in [2.24, 2.45) is 5.92 Å². The Labute approximate surface area is 179 Å². The van der Waals surface area contributed by atoms with Gasteiger partial charge in [-0.15, -0.1) is 0 Å². The Bertz CT molecular complexity index is 711. The molecule has 160 valence electrons. The van der Waals surface area contributed by atoms with Gasteiger partial charge in [0.25, 0.3) is 0 Å². The SMILES string of the molecule is CCCCCCC[C@H]1CC[C@H](c2ccc3cc(OCCCCC)ccc3c2)CC1. The summed E-state index contributed by atoms with van der Waals surface area (Å²) in [5.41, 5.74) is 1.55. The summed E-state index contributed by atoms with van der Waals surface area (Å²) in [5.74, 6) is 2.77. The smallest absolute Gasteiger partial charge is 0.119 e. The molecule has 2 aromatic rings. The molecule has 0 N–H and O–H groups in total. The Balaban J connectivity index is 1.48. The van der Waals surface area contributed by atoms with Crippen molar-refractivity contribution in [3.8, 4) is 5.75 Å². The van der Waals surface area contributed by atoms with E-state index in [-0.39, 0.29) is 0 Å². The minimum absolute atomic E-state index is 0.765. The summed E-state index contributed by atoms with van der Waals surface area (Å²) in [5, 5.41) is 2.67. The molecule has 0 atom stereocenters. The summed E-state index contributed by atoms with van der Waals surface area (Å²) in [6.45, 7) is 5.36. The van der Waals surface area contributed by atoms with Crippen LogP contribution in [0.2, 0.25) is 0 Å². The van der Waals surface area contributed by atoms with Crippen molar-refractivity contribution in [3.63, 3.8) is 0 Å². The fourth-order valence-electron chi connectivity index (χ4n) is 4.95. The van der Waals surface area contributed by atoms with Gasteiger partial charge in [0.2, 0.25) is 0 Å². The first-order chi connectivity index (χ1) is 14.3. The standard InChI is InChI=1S/C28H42O/c1-3-5-7-8-9-11-23-12-14-24(15-13-23)25-16-17-27-22-28(19-18-26(27)21-25)29-20-10-6-4-2/h16-19,21-24H,3-15,20H2,1-2H3/t23-,24-. The summed E-state index contributed by atoms with van der Waals surface area (Å²) in [7, 11) is 0. The number of benzene rings is 2. The fourth-order valence-corrected chi connectivity index (χ4v) is 4.95. The Morgan fingerprint density at radius 2 is 1.41 bits per heavy atom. The second kappa shape index (κ2) is 12.3. The molecule has 1 nitrogen and oxygen atoms in total. The van der Waals surface area contributed by atoms with Crippen molar-refractivity contribution >= 4 is 10.8 Å². The summed E-state index contributed by atoms with van der Waals surface area (Å²) >= 11 is 0. The Morgan fingerprint density at radius 3 is 2.21 bits per heavy atom. The first-order valence-electron chi connectivity index (χ1n) is 12.5.